The van der Waals surface area contributed by atoms with Gasteiger partial charge in [0.2, 0.25) is 0 Å². The maximum atomic E-state index is 2.55. The van der Waals surface area contributed by atoms with Gasteiger partial charge in [0.15, 0.2) is 0 Å². The molecule has 0 saturated carbocycles. The molecular weight excluding hydrogens is 456 g/mol. The van der Waals surface area contributed by atoms with Crippen molar-refractivity contribution in [1.29, 1.82) is 0 Å². The zero-order valence-electron chi connectivity index (χ0n) is 22.0. The van der Waals surface area contributed by atoms with Crippen molar-refractivity contribution in [3.8, 4) is 44.5 Å². The van der Waals surface area contributed by atoms with E-state index in [1.165, 1.54) is 90.0 Å². The summed E-state index contributed by atoms with van der Waals surface area (Å²) < 4.78 is 0. The monoisotopic (exact) mass is 486 g/mol. The standard InChI is InChI=1S/C38H30/c1-3-22-38(4-2)33-19-10-9-13-26(33)27-21-20-24(23-34(27)38)35-30-15-7-8-16-31(30)36-28-14-6-5-12-25(28)29-17-11-18-32(35)37(29)36/h5-21,23H,3-4,22H2,1-2H3. The van der Waals surface area contributed by atoms with E-state index >= 15 is 0 Å². The van der Waals surface area contributed by atoms with E-state index < -0.39 is 0 Å². The molecule has 38 heavy (non-hydrogen) atoms. The van der Waals surface area contributed by atoms with E-state index in [2.05, 4.69) is 123 Å². The van der Waals surface area contributed by atoms with Gasteiger partial charge in [-0.25, -0.2) is 0 Å². The minimum atomic E-state index is 0.0809. The van der Waals surface area contributed by atoms with Gasteiger partial charge in [-0.15, -0.1) is 0 Å². The van der Waals surface area contributed by atoms with Crippen LogP contribution in [0, 0.1) is 0 Å². The fourth-order valence-corrected chi connectivity index (χ4v) is 7.84. The quantitative estimate of drug-likeness (QED) is 0.217. The molecule has 2 aliphatic carbocycles. The largest absolute Gasteiger partial charge is 0.0653 e. The molecule has 0 saturated heterocycles. The molecule has 0 heteroatoms. The molecule has 6 aromatic carbocycles. The summed E-state index contributed by atoms with van der Waals surface area (Å²) in [5, 5.41) is 5.46. The second-order valence-corrected chi connectivity index (χ2v) is 11.1. The van der Waals surface area contributed by atoms with Gasteiger partial charge in [0, 0.05) is 5.41 Å². The summed E-state index contributed by atoms with van der Waals surface area (Å²) in [6.45, 7) is 4.70. The predicted molar refractivity (Wildman–Crippen MR) is 163 cm³/mol. The van der Waals surface area contributed by atoms with Crippen LogP contribution in [0.5, 0.6) is 0 Å². The fourth-order valence-electron chi connectivity index (χ4n) is 7.84. The predicted octanol–water partition coefficient (Wildman–Crippen LogP) is 10.8. The first-order valence-electron chi connectivity index (χ1n) is 14.1. The van der Waals surface area contributed by atoms with Crippen LogP contribution in [-0.4, -0.2) is 0 Å². The first-order valence-corrected chi connectivity index (χ1v) is 14.1. The second-order valence-electron chi connectivity index (χ2n) is 11.1. The highest BCUT2D eigenvalue weighted by molar-refractivity contribution is 6.29. The molecule has 0 heterocycles. The van der Waals surface area contributed by atoms with Gasteiger partial charge in [0.05, 0.1) is 0 Å². The number of hydrogen-bond donors (Lipinski definition) is 0. The fraction of sp³-hybridized carbons (Fsp3) is 0.158. The van der Waals surface area contributed by atoms with Crippen LogP contribution in [0.3, 0.4) is 0 Å². The van der Waals surface area contributed by atoms with Crippen molar-refractivity contribution >= 4 is 21.5 Å². The molecule has 182 valence electrons. The van der Waals surface area contributed by atoms with Crippen molar-refractivity contribution in [3.05, 3.63) is 120 Å². The molecule has 1 unspecified atom stereocenters. The molecule has 2 aliphatic rings. The molecule has 8 rings (SSSR count). The Hall–Kier alpha value is -4.16. The summed E-state index contributed by atoms with van der Waals surface area (Å²) in [5.74, 6) is 0. The van der Waals surface area contributed by atoms with Crippen LogP contribution >= 0.6 is 0 Å². The molecule has 0 aromatic heterocycles. The lowest BCUT2D eigenvalue weighted by Gasteiger charge is -2.31. The van der Waals surface area contributed by atoms with E-state index in [9.17, 15) is 0 Å². The van der Waals surface area contributed by atoms with Gasteiger partial charge in [-0.1, -0.05) is 123 Å². The van der Waals surface area contributed by atoms with Crippen molar-refractivity contribution in [2.45, 2.75) is 38.5 Å². The highest BCUT2D eigenvalue weighted by atomic mass is 14.4. The molecule has 0 bridgehead atoms. The zero-order valence-corrected chi connectivity index (χ0v) is 22.0. The first-order chi connectivity index (χ1) is 18.8. The molecule has 6 aromatic rings. The van der Waals surface area contributed by atoms with Crippen molar-refractivity contribution in [2.24, 2.45) is 0 Å². The molecule has 1 atom stereocenters. The van der Waals surface area contributed by atoms with Gasteiger partial charge >= 0.3 is 0 Å². The van der Waals surface area contributed by atoms with Crippen LogP contribution in [0.4, 0.5) is 0 Å². The zero-order chi connectivity index (χ0) is 25.4. The highest BCUT2D eigenvalue weighted by Crippen LogP contribution is 2.56. The van der Waals surface area contributed by atoms with Crippen LogP contribution in [0.25, 0.3) is 66.1 Å². The molecule has 0 fully saturated rings. The lowest BCUT2D eigenvalue weighted by atomic mass is 9.72. The second kappa shape index (κ2) is 7.92. The van der Waals surface area contributed by atoms with E-state index in [-0.39, 0.29) is 5.41 Å². The Morgan fingerprint density at radius 3 is 1.92 bits per heavy atom. The third-order valence-electron chi connectivity index (χ3n) is 9.37. The van der Waals surface area contributed by atoms with E-state index in [0.29, 0.717) is 0 Å². The van der Waals surface area contributed by atoms with E-state index in [0.717, 1.165) is 6.42 Å². The Morgan fingerprint density at radius 2 is 1.13 bits per heavy atom. The van der Waals surface area contributed by atoms with Crippen LogP contribution in [0.1, 0.15) is 44.2 Å². The molecule has 0 N–H and O–H groups in total. The third-order valence-corrected chi connectivity index (χ3v) is 9.37. The van der Waals surface area contributed by atoms with Crippen molar-refractivity contribution in [3.63, 3.8) is 0 Å². The van der Waals surface area contributed by atoms with Crippen LogP contribution in [-0.2, 0) is 5.41 Å². The van der Waals surface area contributed by atoms with E-state index in [4.69, 9.17) is 0 Å². The van der Waals surface area contributed by atoms with Crippen molar-refractivity contribution in [1.82, 2.24) is 0 Å². The average molecular weight is 487 g/mol. The molecule has 0 aliphatic heterocycles. The van der Waals surface area contributed by atoms with Gasteiger partial charge in [-0.3, -0.25) is 0 Å². The highest BCUT2D eigenvalue weighted by Gasteiger charge is 2.41. The summed E-state index contributed by atoms with van der Waals surface area (Å²) >= 11 is 0. The first kappa shape index (κ1) is 21.9. The van der Waals surface area contributed by atoms with Crippen molar-refractivity contribution in [2.75, 3.05) is 0 Å². The molecule has 0 radical (unpaired) electrons. The van der Waals surface area contributed by atoms with Gasteiger partial charge in [0.1, 0.15) is 0 Å². The summed E-state index contributed by atoms with van der Waals surface area (Å²) in [5.41, 5.74) is 14.1. The lowest BCUT2D eigenvalue weighted by Crippen LogP contribution is -2.24. The van der Waals surface area contributed by atoms with Crippen LogP contribution in [0.2, 0.25) is 0 Å². The van der Waals surface area contributed by atoms with Gasteiger partial charge in [-0.05, 0) is 96.1 Å². The SMILES string of the molecule is CCCC1(CC)c2ccccc2-c2ccc(-c3c4ccccc4c4c5c(cccc35)-c3ccccc3-4)cc21. The normalized spacial score (nSPS) is 16.6. The van der Waals surface area contributed by atoms with Crippen LogP contribution in [0.15, 0.2) is 109 Å². The van der Waals surface area contributed by atoms with Crippen LogP contribution < -0.4 is 0 Å². The molecule has 0 spiro atoms. The number of fused-ring (bicyclic) bond motifs is 8. The van der Waals surface area contributed by atoms with E-state index in [1.807, 2.05) is 0 Å². The number of hydrogen-bond acceptors (Lipinski definition) is 0. The maximum absolute atomic E-state index is 2.55. The third kappa shape index (κ3) is 2.65. The molecular formula is C38H30. The Morgan fingerprint density at radius 1 is 0.500 bits per heavy atom. The molecule has 0 amide bonds. The summed E-state index contributed by atoms with van der Waals surface area (Å²) in [4.78, 5) is 0. The van der Waals surface area contributed by atoms with Crippen molar-refractivity contribution < 1.29 is 0 Å². The lowest BCUT2D eigenvalue weighted by molar-refractivity contribution is 0.461. The minimum Gasteiger partial charge on any atom is -0.0653 e. The van der Waals surface area contributed by atoms with Gasteiger partial charge in [-0.2, -0.15) is 0 Å². The summed E-state index contributed by atoms with van der Waals surface area (Å²) in [6, 6.07) is 41.3. The van der Waals surface area contributed by atoms with Gasteiger partial charge in [0.25, 0.3) is 0 Å². The topological polar surface area (TPSA) is 0 Å². The smallest absolute Gasteiger partial charge is 0.0212 e. The Balaban J connectivity index is 1.48. The molecule has 0 nitrogen and oxygen atoms in total. The summed E-state index contributed by atoms with van der Waals surface area (Å²) in [7, 11) is 0. The Kier molecular flexibility index (Phi) is 4.56. The summed E-state index contributed by atoms with van der Waals surface area (Å²) in [6.07, 6.45) is 3.47. The average Bonchev–Trinajstić information content (AvgIpc) is 3.45. The van der Waals surface area contributed by atoms with Gasteiger partial charge < -0.3 is 0 Å². The van der Waals surface area contributed by atoms with E-state index in [1.54, 1.807) is 0 Å². The number of rotatable bonds is 4. The Labute approximate surface area is 224 Å². The number of benzene rings is 6. The minimum absolute atomic E-state index is 0.0809. The Bertz CT molecular complexity index is 1920. The maximum Gasteiger partial charge on any atom is 0.0212 e.